The smallest absolute Gasteiger partial charge is 0.182 e. The molecule has 20 aromatic rings. The topological polar surface area (TPSA) is 246 Å². The van der Waals surface area contributed by atoms with Crippen molar-refractivity contribution in [2.45, 2.75) is 58.4 Å². The molecule has 0 unspecified atom stereocenters. The maximum atomic E-state index is 13.2. The zero-order valence-electron chi connectivity index (χ0n) is 68.3. The molecule has 0 amide bonds. The molecule has 0 N–H and O–H groups in total. The van der Waals surface area contributed by atoms with Gasteiger partial charge in [-0.2, -0.15) is 25.5 Å². The molecule has 10 heterocycles. The first kappa shape index (κ1) is 97.9. The first-order chi connectivity index (χ1) is 60.2. The second kappa shape index (κ2) is 43.0. The molecular weight excluding hydrogens is 1740 g/mol. The molecule has 0 aliphatic carbocycles. The van der Waals surface area contributed by atoms with Gasteiger partial charge < -0.3 is 14.2 Å². The molecule has 20 rings (SSSR count). The molecule has 10 aromatic heterocycles. The summed E-state index contributed by atoms with van der Waals surface area (Å²) >= 11 is 33.6. The zero-order chi connectivity index (χ0) is 86.4. The molecule has 0 fully saturated rings. The van der Waals surface area contributed by atoms with Crippen molar-refractivity contribution in [3.63, 3.8) is 0 Å². The first-order valence-corrected chi connectivity index (χ1v) is 40.6. The van der Waals surface area contributed by atoms with Crippen LogP contribution in [0.4, 0.5) is 4.39 Å². The summed E-state index contributed by atoms with van der Waals surface area (Å²) in [6, 6.07) is 84.6. The van der Waals surface area contributed by atoms with Crippen molar-refractivity contribution in [1.82, 2.24) is 99.9 Å². The summed E-state index contributed by atoms with van der Waals surface area (Å²) < 4.78 is 37.5. The fraction of sp³-hybridized carbons (Fsp3) is 0.158. The van der Waals surface area contributed by atoms with Gasteiger partial charge in [0.25, 0.3) is 0 Å². The highest BCUT2D eigenvalue weighted by molar-refractivity contribution is 6.41. The highest BCUT2D eigenvalue weighted by Crippen LogP contribution is 2.44. The minimum absolute atomic E-state index is 0. The van der Waals surface area contributed by atoms with Crippen molar-refractivity contribution in [2.24, 2.45) is 35.2 Å². The number of hydrogen-bond donors (Lipinski definition) is 0. The summed E-state index contributed by atoms with van der Waals surface area (Å²) in [4.78, 5) is 0. The second-order valence-electron chi connectivity index (χ2n) is 28.6. The quantitative estimate of drug-likeness (QED) is 0.104. The van der Waals surface area contributed by atoms with E-state index in [1.165, 1.54) is 17.7 Å². The molecule has 0 atom stereocenters. The molecule has 10 aromatic carbocycles. The number of halogens is 6. The summed E-state index contributed by atoms with van der Waals surface area (Å²) in [5.74, 6) is 1.98. The lowest BCUT2D eigenvalue weighted by molar-refractivity contribution is 0.415. The Morgan fingerprint density at radius 1 is 0.223 bits per heavy atom. The molecule has 0 aliphatic rings. The molecule has 0 aliphatic heterocycles. The van der Waals surface area contributed by atoms with E-state index in [0.717, 1.165) is 123 Å². The van der Waals surface area contributed by atoms with E-state index in [1.54, 1.807) is 63.9 Å². The number of aryl methyl sites for hydroxylation is 7. The molecule has 29 heteroatoms. The Morgan fingerprint density at radius 2 is 0.431 bits per heavy atom. The summed E-state index contributed by atoms with van der Waals surface area (Å²) in [5, 5.41) is 72.8. The van der Waals surface area contributed by atoms with Crippen LogP contribution in [0, 0.1) is 19.7 Å². The van der Waals surface area contributed by atoms with Crippen molar-refractivity contribution in [3.05, 3.63) is 309 Å². The van der Waals surface area contributed by atoms with Crippen molar-refractivity contribution >= 4 is 113 Å². The van der Waals surface area contributed by atoms with E-state index in [-0.39, 0.29) is 50.4 Å². The Bertz CT molecular complexity index is 7310. The molecule has 23 nitrogen and oxygen atoms in total. The fourth-order valence-electron chi connectivity index (χ4n) is 14.3. The maximum absolute atomic E-state index is 13.2. The van der Waals surface area contributed by atoms with Gasteiger partial charge in [0, 0.05) is 90.9 Å². The van der Waals surface area contributed by atoms with E-state index in [9.17, 15) is 4.39 Å². The average molecular weight is 1840 g/mol. The summed E-state index contributed by atoms with van der Waals surface area (Å²) in [6.07, 6.45) is 0. The average Bonchev–Trinajstić information content (AvgIpc) is 1.63. The monoisotopic (exact) mass is 1830 g/mol. The lowest BCUT2D eigenvalue weighted by atomic mass is 10.1. The van der Waals surface area contributed by atoms with E-state index in [2.05, 4.69) is 102 Å². The van der Waals surface area contributed by atoms with Crippen molar-refractivity contribution < 1.29 is 18.6 Å². The van der Waals surface area contributed by atoms with Crippen LogP contribution in [0.5, 0.6) is 17.2 Å². The van der Waals surface area contributed by atoms with Crippen LogP contribution in [0.25, 0.3) is 168 Å². The van der Waals surface area contributed by atoms with Crippen LogP contribution >= 0.6 is 58.0 Å². The van der Waals surface area contributed by atoms with Gasteiger partial charge in [-0.1, -0.05) is 296 Å². The normalized spacial score (nSPS) is 10.6. The van der Waals surface area contributed by atoms with E-state index in [0.29, 0.717) is 92.9 Å². The van der Waals surface area contributed by atoms with E-state index < -0.39 is 0 Å². The molecule has 0 saturated carbocycles. The van der Waals surface area contributed by atoms with Crippen LogP contribution in [0.15, 0.2) is 267 Å². The van der Waals surface area contributed by atoms with Gasteiger partial charge in [-0.25, -0.2) is 27.8 Å². The Balaban J connectivity index is 0.000000167. The Hall–Kier alpha value is -14.3. The first-order valence-electron chi connectivity index (χ1n) is 38.8. The number of methoxy groups -OCH3 is 3. The van der Waals surface area contributed by atoms with E-state index in [4.69, 9.17) is 72.2 Å². The summed E-state index contributed by atoms with van der Waals surface area (Å²) in [6.45, 7) is 4.11. The number of benzene rings is 10. The second-order valence-corrected chi connectivity index (χ2v) is 30.5. The highest BCUT2D eigenvalue weighted by Gasteiger charge is 2.27. The third kappa shape index (κ3) is 20.0. The van der Waals surface area contributed by atoms with Crippen LogP contribution in [0.1, 0.15) is 55.7 Å². The summed E-state index contributed by atoms with van der Waals surface area (Å²) in [7, 11) is 14.0. The van der Waals surface area contributed by atoms with Crippen molar-refractivity contribution in [1.29, 1.82) is 0 Å². The van der Waals surface area contributed by atoms with Crippen LogP contribution in [-0.4, -0.2) is 121 Å². The Morgan fingerprint density at radius 3 is 0.700 bits per heavy atom. The van der Waals surface area contributed by atoms with Crippen LogP contribution in [-0.2, 0) is 35.2 Å². The summed E-state index contributed by atoms with van der Waals surface area (Å²) in [5.41, 5.74) is 21.7. The largest absolute Gasteiger partial charge is 0.497 e. The van der Waals surface area contributed by atoms with Gasteiger partial charge in [0.05, 0.1) is 73.4 Å². The SMILES string of the molecule is C.C.C.C.C.C.COc1ccc(-c2nnc3c(c(-c4cccc(OC)c4)nn3C)c2Cl)cc1.COc1cccc(-c2nn(C)c3nnc(-c4ccccc4)c(Cl)c23)c1.Cc1cccc(-c2nn(C)c3nnc(-c4ccccc4)c(Cl)c23)c1.Cc1cccc(-c2nnc3c(c(-c4ccccc4)nn3C)c2Cl)c1.Cn1nc(-c2ccc(F)cc2)c2c(Cl)c(-c3ccccc3)nnc21. The number of rotatable bonds is 13. The molecular formula is C101H98Cl5FN20O3. The fourth-order valence-corrected chi connectivity index (χ4v) is 15.9. The molecule has 662 valence electrons. The number of hydrogen-bond acceptors (Lipinski definition) is 18. The van der Waals surface area contributed by atoms with Gasteiger partial charge in [0.15, 0.2) is 28.2 Å². The van der Waals surface area contributed by atoms with E-state index >= 15 is 0 Å². The molecule has 0 spiro atoms. The van der Waals surface area contributed by atoms with Gasteiger partial charge >= 0.3 is 0 Å². The van der Waals surface area contributed by atoms with Crippen molar-refractivity contribution in [3.8, 4) is 130 Å². The number of aromatic nitrogens is 20. The van der Waals surface area contributed by atoms with E-state index in [1.807, 2.05) is 260 Å². The molecule has 0 bridgehead atoms. The predicted octanol–water partition coefficient (Wildman–Crippen LogP) is 26.4. The predicted molar refractivity (Wildman–Crippen MR) is 530 cm³/mol. The maximum Gasteiger partial charge on any atom is 0.182 e. The minimum atomic E-state index is -0.296. The third-order valence-corrected chi connectivity index (χ3v) is 22.2. The minimum Gasteiger partial charge on any atom is -0.497 e. The van der Waals surface area contributed by atoms with Gasteiger partial charge in [-0.05, 0) is 98.8 Å². The van der Waals surface area contributed by atoms with Gasteiger partial charge in [-0.15, -0.1) is 51.0 Å². The molecule has 0 saturated heterocycles. The highest BCUT2D eigenvalue weighted by atomic mass is 35.5. The lowest BCUT2D eigenvalue weighted by Crippen LogP contribution is -1.95. The van der Waals surface area contributed by atoms with Crippen molar-refractivity contribution in [2.75, 3.05) is 21.3 Å². The number of ether oxygens (including phenoxy) is 3. The molecule has 130 heavy (non-hydrogen) atoms. The number of nitrogens with zero attached hydrogens (tertiary/aromatic N) is 20. The van der Waals surface area contributed by atoms with Crippen LogP contribution in [0.3, 0.4) is 0 Å². The van der Waals surface area contributed by atoms with Gasteiger partial charge in [0.2, 0.25) is 0 Å². The lowest BCUT2D eigenvalue weighted by Gasteiger charge is -2.07. The third-order valence-electron chi connectivity index (χ3n) is 20.4. The van der Waals surface area contributed by atoms with Gasteiger partial charge in [0.1, 0.15) is 80.0 Å². The Labute approximate surface area is 780 Å². The Kier molecular flexibility index (Phi) is 32.4. The number of fused-ring (bicyclic) bond motifs is 5. The van der Waals surface area contributed by atoms with Crippen LogP contribution in [0.2, 0.25) is 25.1 Å². The standard InChI is InChI=1S/C20H17ClN4O2.C19H15ClN4O.2C19H15ClN4.C18H12ClFN4.6CH4/c1-25-20-16(18(24-25)13-5-4-6-15(11-13)27-3)17(21)19(22-23-20)12-7-9-14(26-2)10-8-12;1-24-19-15(17(23-24)13-9-6-10-14(11-13)25-2)16(20)18(21-22-19)12-7-4-3-5-8-12;1-12-7-6-10-14(11-12)17-15-16(20)18(13-8-4-3-5-9-13)21-22-19(15)24(2)23-17;1-12-7-6-10-14(11-12)18-16(20)15-17(13-8-4-3-5-9-13)23-24(2)19(15)22-21-18;1-24-18-14(16(23-24)12-7-9-13(20)10-8-12)15(19)17(21-22-18)11-5-3-2-4-6-11;;;;;;/h4-11H,1-3H3;3-11H,1-2H3;2*3-11H,1-2H3;2-10H,1H3;6*1H4. The zero-order valence-corrected chi connectivity index (χ0v) is 72.1. The van der Waals surface area contributed by atoms with Crippen LogP contribution < -0.4 is 14.2 Å². The van der Waals surface area contributed by atoms with Gasteiger partial charge in [-0.3, -0.25) is 0 Å². The molecule has 0 radical (unpaired) electrons.